The van der Waals surface area contributed by atoms with Crippen LogP contribution in [0.1, 0.15) is 5.69 Å². The van der Waals surface area contributed by atoms with Crippen molar-refractivity contribution in [2.75, 3.05) is 32.2 Å². The summed E-state index contributed by atoms with van der Waals surface area (Å²) in [5.74, 6) is -1.47. The van der Waals surface area contributed by atoms with Gasteiger partial charge < -0.3 is 14.4 Å². The maximum Gasteiger partial charge on any atom is 0.435 e. The van der Waals surface area contributed by atoms with Crippen molar-refractivity contribution in [3.05, 3.63) is 17.8 Å². The van der Waals surface area contributed by atoms with Crippen molar-refractivity contribution >= 4 is 17.8 Å². The molecule has 0 atom stereocenters. The molecule has 0 amide bonds. The second-order valence-corrected chi connectivity index (χ2v) is 3.78. The number of ether oxygens (including phenoxy) is 2. The van der Waals surface area contributed by atoms with Gasteiger partial charge in [0.1, 0.15) is 13.1 Å². The highest BCUT2D eigenvalue weighted by atomic mass is 19.4. The van der Waals surface area contributed by atoms with Crippen LogP contribution in [0, 0.1) is 0 Å². The van der Waals surface area contributed by atoms with Crippen molar-refractivity contribution < 1.29 is 32.2 Å². The second kappa shape index (κ2) is 6.86. The number of carbonyl (C=O) groups excluding carboxylic acids is 2. The Bertz CT molecular complexity index is 486. The van der Waals surface area contributed by atoms with Crippen LogP contribution in [0.2, 0.25) is 0 Å². The molecular formula is C11H12F3N3O4. The van der Waals surface area contributed by atoms with E-state index in [4.69, 9.17) is 0 Å². The Kier molecular flexibility index (Phi) is 5.44. The molecule has 0 saturated carbocycles. The fourth-order valence-electron chi connectivity index (χ4n) is 1.30. The van der Waals surface area contributed by atoms with Gasteiger partial charge in [0, 0.05) is 0 Å². The summed E-state index contributed by atoms with van der Waals surface area (Å²) in [4.78, 5) is 23.6. The lowest BCUT2D eigenvalue weighted by atomic mass is 10.3. The van der Waals surface area contributed by atoms with Crippen LogP contribution in [0.4, 0.5) is 19.0 Å². The van der Waals surface area contributed by atoms with Gasteiger partial charge in [-0.2, -0.15) is 13.2 Å². The first kappa shape index (κ1) is 16.7. The Morgan fingerprint density at radius 1 is 1.10 bits per heavy atom. The molecule has 0 aromatic carbocycles. The highest BCUT2D eigenvalue weighted by Gasteiger charge is 2.33. The molecule has 0 aliphatic carbocycles. The summed E-state index contributed by atoms with van der Waals surface area (Å²) in [7, 11) is 2.27. The van der Waals surface area contributed by atoms with Crippen LogP contribution in [0.5, 0.6) is 0 Å². The summed E-state index contributed by atoms with van der Waals surface area (Å²) in [6, 6.07) is 1.70. The standard InChI is InChI=1S/C11H12F3N3O4/c1-20-9(18)5-17(6-10(19)21-2)8-4-3-7(15-16-8)11(12,13)14/h3-4H,5-6H2,1-2H3. The van der Waals surface area contributed by atoms with Crippen molar-refractivity contribution in [3.8, 4) is 0 Å². The zero-order valence-corrected chi connectivity index (χ0v) is 11.2. The molecule has 0 spiro atoms. The Balaban J connectivity index is 2.96. The molecule has 10 heteroatoms. The van der Waals surface area contributed by atoms with E-state index in [9.17, 15) is 22.8 Å². The molecule has 7 nitrogen and oxygen atoms in total. The zero-order valence-electron chi connectivity index (χ0n) is 11.2. The van der Waals surface area contributed by atoms with Gasteiger partial charge in [-0.3, -0.25) is 9.59 Å². The number of esters is 2. The Hall–Kier alpha value is -2.39. The van der Waals surface area contributed by atoms with Gasteiger partial charge in [-0.1, -0.05) is 0 Å². The molecule has 1 aromatic rings. The number of hydrogen-bond donors (Lipinski definition) is 0. The molecule has 0 N–H and O–H groups in total. The summed E-state index contributed by atoms with van der Waals surface area (Å²) < 4.78 is 46.0. The van der Waals surface area contributed by atoms with E-state index in [0.717, 1.165) is 25.2 Å². The van der Waals surface area contributed by atoms with E-state index in [1.165, 1.54) is 0 Å². The normalized spacial score (nSPS) is 10.9. The Labute approximate surface area is 117 Å². The van der Waals surface area contributed by atoms with Gasteiger partial charge in [-0.05, 0) is 12.1 Å². The number of carbonyl (C=O) groups is 2. The lowest BCUT2D eigenvalue weighted by molar-refractivity contribution is -0.142. The first-order valence-electron chi connectivity index (χ1n) is 5.57. The van der Waals surface area contributed by atoms with E-state index < -0.39 is 23.8 Å². The van der Waals surface area contributed by atoms with Crippen molar-refractivity contribution in [1.29, 1.82) is 0 Å². The van der Waals surface area contributed by atoms with E-state index in [1.54, 1.807) is 0 Å². The first-order chi connectivity index (χ1) is 9.77. The minimum absolute atomic E-state index is 0.0844. The number of rotatable bonds is 5. The van der Waals surface area contributed by atoms with E-state index >= 15 is 0 Å². The molecule has 21 heavy (non-hydrogen) atoms. The van der Waals surface area contributed by atoms with Crippen LogP contribution in [0.25, 0.3) is 0 Å². The minimum Gasteiger partial charge on any atom is -0.468 e. The lowest BCUT2D eigenvalue weighted by Gasteiger charge is -2.20. The summed E-state index contributed by atoms with van der Waals surface area (Å²) in [6.07, 6.45) is -4.62. The number of hydrogen-bond acceptors (Lipinski definition) is 7. The predicted octanol–water partition coefficient (Wildman–Crippen LogP) is 0.648. The second-order valence-electron chi connectivity index (χ2n) is 3.78. The van der Waals surface area contributed by atoms with E-state index in [1.807, 2.05) is 0 Å². The number of methoxy groups -OCH3 is 2. The molecule has 0 fully saturated rings. The van der Waals surface area contributed by atoms with Gasteiger partial charge in [0.15, 0.2) is 11.5 Å². The largest absolute Gasteiger partial charge is 0.468 e. The smallest absolute Gasteiger partial charge is 0.435 e. The van der Waals surface area contributed by atoms with Gasteiger partial charge in [-0.15, -0.1) is 10.2 Å². The molecule has 1 aromatic heterocycles. The third kappa shape index (κ3) is 4.89. The van der Waals surface area contributed by atoms with Gasteiger partial charge in [-0.25, -0.2) is 0 Å². The van der Waals surface area contributed by atoms with Crippen LogP contribution in [0.15, 0.2) is 12.1 Å². The molecule has 1 heterocycles. The summed E-state index contributed by atoms with van der Waals surface area (Å²) >= 11 is 0. The topological polar surface area (TPSA) is 81.6 Å². The average Bonchev–Trinajstić information content (AvgIpc) is 2.45. The van der Waals surface area contributed by atoms with E-state index in [2.05, 4.69) is 19.7 Å². The number of nitrogens with zero attached hydrogens (tertiary/aromatic N) is 3. The van der Waals surface area contributed by atoms with Crippen molar-refractivity contribution in [3.63, 3.8) is 0 Å². The monoisotopic (exact) mass is 307 g/mol. The van der Waals surface area contributed by atoms with E-state index in [0.29, 0.717) is 6.07 Å². The first-order valence-corrected chi connectivity index (χ1v) is 5.57. The predicted molar refractivity (Wildman–Crippen MR) is 63.3 cm³/mol. The minimum atomic E-state index is -4.62. The van der Waals surface area contributed by atoms with Crippen LogP contribution in [-0.2, 0) is 25.2 Å². The summed E-state index contributed by atoms with van der Waals surface area (Å²) in [5, 5.41) is 6.38. The average molecular weight is 307 g/mol. The maximum absolute atomic E-state index is 12.4. The van der Waals surface area contributed by atoms with Gasteiger partial charge >= 0.3 is 18.1 Å². The highest BCUT2D eigenvalue weighted by molar-refractivity contribution is 5.80. The fourth-order valence-corrected chi connectivity index (χ4v) is 1.30. The van der Waals surface area contributed by atoms with Crippen molar-refractivity contribution in [1.82, 2.24) is 10.2 Å². The van der Waals surface area contributed by atoms with Crippen LogP contribution in [-0.4, -0.2) is 49.4 Å². The Morgan fingerprint density at radius 2 is 1.62 bits per heavy atom. The molecule has 0 aliphatic heterocycles. The molecule has 116 valence electrons. The molecule has 0 aliphatic rings. The van der Waals surface area contributed by atoms with Crippen molar-refractivity contribution in [2.24, 2.45) is 0 Å². The SMILES string of the molecule is COC(=O)CN(CC(=O)OC)c1ccc(C(F)(F)F)nn1. The molecule has 0 saturated heterocycles. The quantitative estimate of drug-likeness (QED) is 0.739. The maximum atomic E-state index is 12.4. The lowest BCUT2D eigenvalue weighted by Crippen LogP contribution is -2.36. The van der Waals surface area contributed by atoms with E-state index in [-0.39, 0.29) is 18.9 Å². The molecule has 1 rings (SSSR count). The third-order valence-electron chi connectivity index (χ3n) is 2.36. The molecule has 0 unspecified atom stereocenters. The summed E-state index contributed by atoms with van der Waals surface area (Å²) in [6.45, 7) is -0.767. The highest BCUT2D eigenvalue weighted by Crippen LogP contribution is 2.27. The van der Waals surface area contributed by atoms with Crippen LogP contribution in [0.3, 0.4) is 0 Å². The summed E-state index contributed by atoms with van der Waals surface area (Å²) in [5.41, 5.74) is -1.18. The number of alkyl halides is 3. The van der Waals surface area contributed by atoms with Gasteiger partial charge in [0.25, 0.3) is 0 Å². The fraction of sp³-hybridized carbons (Fsp3) is 0.455. The van der Waals surface area contributed by atoms with Crippen LogP contribution < -0.4 is 4.90 Å². The number of anilines is 1. The van der Waals surface area contributed by atoms with Crippen molar-refractivity contribution in [2.45, 2.75) is 6.18 Å². The molecule has 0 bridgehead atoms. The third-order valence-corrected chi connectivity index (χ3v) is 2.36. The number of aromatic nitrogens is 2. The molecule has 0 radical (unpaired) electrons. The van der Waals surface area contributed by atoms with Gasteiger partial charge in [0.2, 0.25) is 0 Å². The Morgan fingerprint density at radius 3 is 1.95 bits per heavy atom. The van der Waals surface area contributed by atoms with Crippen LogP contribution >= 0.6 is 0 Å². The number of halogens is 3. The zero-order chi connectivity index (χ0) is 16.0. The molecular weight excluding hydrogens is 295 g/mol. The van der Waals surface area contributed by atoms with Gasteiger partial charge in [0.05, 0.1) is 14.2 Å².